The van der Waals surface area contributed by atoms with Crippen LogP contribution in [0.4, 0.5) is 0 Å². The first-order valence-electron chi connectivity index (χ1n) is 9.60. The smallest absolute Gasteiger partial charge is 0.210 e. The van der Waals surface area contributed by atoms with E-state index >= 15 is 0 Å². The fourth-order valence-corrected chi connectivity index (χ4v) is 4.01. The van der Waals surface area contributed by atoms with Gasteiger partial charge in [0.2, 0.25) is 5.16 Å². The highest BCUT2D eigenvalue weighted by atomic mass is 32.2. The summed E-state index contributed by atoms with van der Waals surface area (Å²) in [6.07, 6.45) is 3.89. The van der Waals surface area contributed by atoms with Crippen LogP contribution in [0.25, 0.3) is 5.52 Å². The minimum Gasteiger partial charge on any atom is -0.486 e. The third kappa shape index (κ3) is 3.98. The number of benzene rings is 1. The molecule has 0 radical (unpaired) electrons. The number of rotatable bonds is 7. The summed E-state index contributed by atoms with van der Waals surface area (Å²) in [4.78, 5) is 0. The summed E-state index contributed by atoms with van der Waals surface area (Å²) in [5.41, 5.74) is 3.75. The molecule has 0 aliphatic heterocycles. The number of aromatic nitrogens is 4. The number of nitrogen functional groups attached to an aromatic ring is 1. The Bertz CT molecular complexity index is 1200. The van der Waals surface area contributed by atoms with E-state index in [0.29, 0.717) is 28.2 Å². The Hall–Kier alpha value is -3.44. The molecule has 0 saturated heterocycles. The van der Waals surface area contributed by atoms with Gasteiger partial charge in [-0.3, -0.25) is 0 Å². The van der Waals surface area contributed by atoms with Gasteiger partial charge in [-0.05, 0) is 41.3 Å². The lowest BCUT2D eigenvalue weighted by Crippen LogP contribution is -2.15. The average molecular weight is 419 g/mol. The van der Waals surface area contributed by atoms with Crippen LogP contribution in [-0.4, -0.2) is 19.3 Å². The minimum absolute atomic E-state index is 0.227. The van der Waals surface area contributed by atoms with Crippen LogP contribution in [0.5, 0.6) is 5.75 Å². The molecule has 0 bridgehead atoms. The molecule has 0 atom stereocenters. The zero-order valence-electron chi connectivity index (χ0n) is 16.8. The zero-order valence-corrected chi connectivity index (χ0v) is 17.6. The predicted octanol–water partition coefficient (Wildman–Crippen LogP) is 4.11. The Balaban J connectivity index is 1.42. The Morgan fingerprint density at radius 2 is 1.97 bits per heavy atom. The lowest BCUT2D eigenvalue weighted by molar-refractivity contribution is 0.291. The standard InChI is InChI=1S/C22H22N6OS/c1-15(2)16-6-8-18(9-7-16)29-13-21-25-26-22(28(21)24)30-14-17-12-27-10-4-3-5-20(27)19(17)11-23/h3-10,12,15H,13-14,24H2,1-2H3. The second-order valence-electron chi connectivity index (χ2n) is 7.20. The molecule has 4 rings (SSSR count). The molecule has 0 aliphatic carbocycles. The van der Waals surface area contributed by atoms with Gasteiger partial charge in [0.1, 0.15) is 18.4 Å². The van der Waals surface area contributed by atoms with Gasteiger partial charge in [0, 0.05) is 18.1 Å². The molecule has 152 valence electrons. The van der Waals surface area contributed by atoms with Crippen molar-refractivity contribution in [3.05, 3.63) is 77.4 Å². The monoisotopic (exact) mass is 418 g/mol. The normalized spacial score (nSPS) is 11.1. The number of hydrogen-bond acceptors (Lipinski definition) is 6. The van der Waals surface area contributed by atoms with Gasteiger partial charge in [-0.2, -0.15) is 5.26 Å². The van der Waals surface area contributed by atoms with Gasteiger partial charge >= 0.3 is 0 Å². The second-order valence-corrected chi connectivity index (χ2v) is 8.15. The molecule has 30 heavy (non-hydrogen) atoms. The summed E-state index contributed by atoms with van der Waals surface area (Å²) >= 11 is 1.44. The van der Waals surface area contributed by atoms with Gasteiger partial charge in [0.15, 0.2) is 5.82 Å². The number of nitrogens with zero attached hydrogens (tertiary/aromatic N) is 5. The van der Waals surface area contributed by atoms with Crippen molar-refractivity contribution in [2.24, 2.45) is 0 Å². The van der Waals surface area contributed by atoms with Crippen LogP contribution < -0.4 is 10.6 Å². The first-order valence-corrected chi connectivity index (χ1v) is 10.6. The van der Waals surface area contributed by atoms with Crippen molar-refractivity contribution in [3.63, 3.8) is 0 Å². The van der Waals surface area contributed by atoms with Crippen LogP contribution >= 0.6 is 11.8 Å². The van der Waals surface area contributed by atoms with Gasteiger partial charge in [-0.1, -0.05) is 43.8 Å². The van der Waals surface area contributed by atoms with E-state index in [1.165, 1.54) is 22.0 Å². The Kier molecular flexibility index (Phi) is 5.63. The lowest BCUT2D eigenvalue weighted by Gasteiger charge is -2.09. The molecule has 0 spiro atoms. The van der Waals surface area contributed by atoms with Crippen molar-refractivity contribution in [3.8, 4) is 11.8 Å². The molecule has 3 heterocycles. The maximum atomic E-state index is 9.54. The molecule has 0 aliphatic rings. The summed E-state index contributed by atoms with van der Waals surface area (Å²) in [6, 6.07) is 16.1. The van der Waals surface area contributed by atoms with E-state index in [2.05, 4.69) is 42.2 Å². The van der Waals surface area contributed by atoms with E-state index in [-0.39, 0.29) is 6.61 Å². The van der Waals surface area contributed by atoms with Crippen molar-refractivity contribution in [2.45, 2.75) is 37.3 Å². The van der Waals surface area contributed by atoms with E-state index in [1.807, 2.05) is 47.1 Å². The topological polar surface area (TPSA) is 94.2 Å². The van der Waals surface area contributed by atoms with Crippen LogP contribution in [0.15, 0.2) is 60.0 Å². The van der Waals surface area contributed by atoms with Crippen LogP contribution in [0.1, 0.15) is 42.3 Å². The highest BCUT2D eigenvalue weighted by Crippen LogP contribution is 2.26. The van der Waals surface area contributed by atoms with Crippen molar-refractivity contribution in [2.75, 3.05) is 5.84 Å². The molecule has 7 nitrogen and oxygen atoms in total. The fourth-order valence-electron chi connectivity index (χ4n) is 3.16. The number of nitrogens with two attached hydrogens (primary N) is 1. The predicted molar refractivity (Wildman–Crippen MR) is 117 cm³/mol. The Morgan fingerprint density at radius 1 is 1.17 bits per heavy atom. The first kappa shape index (κ1) is 19.9. The maximum Gasteiger partial charge on any atom is 0.210 e. The van der Waals surface area contributed by atoms with Crippen LogP contribution in [-0.2, 0) is 12.4 Å². The van der Waals surface area contributed by atoms with E-state index in [4.69, 9.17) is 10.6 Å². The van der Waals surface area contributed by atoms with Gasteiger partial charge in [-0.15, -0.1) is 10.2 Å². The molecule has 8 heteroatoms. The van der Waals surface area contributed by atoms with Gasteiger partial charge in [-0.25, -0.2) is 4.68 Å². The average Bonchev–Trinajstić information content (AvgIpc) is 3.30. The van der Waals surface area contributed by atoms with Crippen molar-refractivity contribution in [1.29, 1.82) is 5.26 Å². The second kappa shape index (κ2) is 8.51. The lowest BCUT2D eigenvalue weighted by atomic mass is 10.0. The molecule has 0 saturated carbocycles. The van der Waals surface area contributed by atoms with E-state index in [0.717, 1.165) is 16.8 Å². The van der Waals surface area contributed by atoms with E-state index in [1.54, 1.807) is 0 Å². The number of nitriles is 1. The third-order valence-electron chi connectivity index (χ3n) is 4.88. The first-order chi connectivity index (χ1) is 14.6. The summed E-state index contributed by atoms with van der Waals surface area (Å²) in [6.45, 7) is 4.54. The van der Waals surface area contributed by atoms with Gasteiger partial charge in [0.05, 0.1) is 11.1 Å². The summed E-state index contributed by atoms with van der Waals surface area (Å²) in [5.74, 6) is 8.50. The van der Waals surface area contributed by atoms with Crippen LogP contribution in [0, 0.1) is 11.3 Å². The number of fused-ring (bicyclic) bond motifs is 1. The molecule has 1 aromatic carbocycles. The van der Waals surface area contributed by atoms with Crippen molar-refractivity contribution >= 4 is 17.3 Å². The molecular formula is C22H22N6OS. The van der Waals surface area contributed by atoms with Crippen molar-refractivity contribution < 1.29 is 4.74 Å². The molecule has 4 aromatic rings. The fraction of sp³-hybridized carbons (Fsp3) is 0.227. The molecule has 0 fully saturated rings. The van der Waals surface area contributed by atoms with Crippen LogP contribution in [0.3, 0.4) is 0 Å². The highest BCUT2D eigenvalue weighted by Gasteiger charge is 2.15. The molecule has 3 aromatic heterocycles. The SMILES string of the molecule is CC(C)c1ccc(OCc2nnc(SCc3cn4ccccc4c3C#N)n2N)cc1. The number of thioether (sulfide) groups is 1. The Labute approximate surface area is 179 Å². The van der Waals surface area contributed by atoms with Gasteiger partial charge < -0.3 is 15.0 Å². The molecule has 2 N–H and O–H groups in total. The minimum atomic E-state index is 0.227. The molecular weight excluding hydrogens is 396 g/mol. The van der Waals surface area contributed by atoms with E-state index in [9.17, 15) is 5.26 Å². The van der Waals surface area contributed by atoms with Gasteiger partial charge in [0.25, 0.3) is 0 Å². The highest BCUT2D eigenvalue weighted by molar-refractivity contribution is 7.98. The quantitative estimate of drug-likeness (QED) is 0.358. The van der Waals surface area contributed by atoms with Crippen LogP contribution in [0.2, 0.25) is 0 Å². The number of ether oxygens (including phenoxy) is 1. The third-order valence-corrected chi connectivity index (χ3v) is 5.87. The summed E-state index contributed by atoms with van der Waals surface area (Å²) < 4.78 is 9.19. The maximum absolute atomic E-state index is 9.54. The van der Waals surface area contributed by atoms with E-state index < -0.39 is 0 Å². The molecule has 0 unspecified atom stereocenters. The zero-order chi connectivity index (χ0) is 21.1. The summed E-state index contributed by atoms with van der Waals surface area (Å²) in [5, 5.41) is 18.4. The largest absolute Gasteiger partial charge is 0.486 e. The summed E-state index contributed by atoms with van der Waals surface area (Å²) in [7, 11) is 0. The number of hydrogen-bond donors (Lipinski definition) is 1. The Morgan fingerprint density at radius 3 is 2.70 bits per heavy atom. The molecule has 0 amide bonds. The number of pyridine rings is 1. The van der Waals surface area contributed by atoms with Crippen molar-refractivity contribution in [1.82, 2.24) is 19.3 Å².